The van der Waals surface area contributed by atoms with Crippen molar-refractivity contribution in [3.63, 3.8) is 0 Å². The van der Waals surface area contributed by atoms with Crippen LogP contribution in [0.25, 0.3) is 0 Å². The molecule has 1 rings (SSSR count). The Labute approximate surface area is 125 Å². The van der Waals surface area contributed by atoms with E-state index < -0.39 is 0 Å². The Morgan fingerprint density at radius 3 is 2.11 bits per heavy atom. The SMILES string of the molecule is CCCCCCCCCc1ccc(C(=O)CBr)cc1. The summed E-state index contributed by atoms with van der Waals surface area (Å²) in [6.07, 6.45) is 10.6. The molecule has 0 fully saturated rings. The first kappa shape index (κ1) is 16.4. The van der Waals surface area contributed by atoms with Crippen LogP contribution in [0.15, 0.2) is 24.3 Å². The molecule has 0 spiro atoms. The van der Waals surface area contributed by atoms with Crippen molar-refractivity contribution in [1.82, 2.24) is 0 Å². The molecule has 106 valence electrons. The number of alkyl halides is 1. The summed E-state index contributed by atoms with van der Waals surface area (Å²) in [5.41, 5.74) is 2.15. The minimum absolute atomic E-state index is 0.155. The van der Waals surface area contributed by atoms with Crippen molar-refractivity contribution in [3.05, 3.63) is 35.4 Å². The van der Waals surface area contributed by atoms with Gasteiger partial charge in [0.1, 0.15) is 0 Å². The van der Waals surface area contributed by atoms with Crippen molar-refractivity contribution in [3.8, 4) is 0 Å². The van der Waals surface area contributed by atoms with E-state index in [1.54, 1.807) is 0 Å². The van der Waals surface area contributed by atoms with Crippen LogP contribution in [0.1, 0.15) is 67.8 Å². The normalized spacial score (nSPS) is 10.6. The molecule has 19 heavy (non-hydrogen) atoms. The van der Waals surface area contributed by atoms with E-state index in [1.807, 2.05) is 12.1 Å². The minimum Gasteiger partial charge on any atom is -0.293 e. The van der Waals surface area contributed by atoms with Crippen LogP contribution in [0.4, 0.5) is 0 Å². The summed E-state index contributed by atoms with van der Waals surface area (Å²) in [6.45, 7) is 2.25. The molecule has 0 aliphatic carbocycles. The van der Waals surface area contributed by atoms with E-state index >= 15 is 0 Å². The number of hydrogen-bond donors (Lipinski definition) is 0. The Bertz CT molecular complexity index is 356. The number of unbranched alkanes of at least 4 members (excludes halogenated alkanes) is 6. The molecule has 2 heteroatoms. The second kappa shape index (κ2) is 10.2. The highest BCUT2D eigenvalue weighted by Crippen LogP contribution is 2.12. The van der Waals surface area contributed by atoms with Crippen LogP contribution in [-0.4, -0.2) is 11.1 Å². The number of rotatable bonds is 10. The number of Topliss-reactive ketones (excluding diaryl/α,β-unsaturated/α-hetero) is 1. The molecular weight excluding hydrogens is 300 g/mol. The standard InChI is InChI=1S/C17H25BrO/c1-2-3-4-5-6-7-8-9-15-10-12-16(13-11-15)17(19)14-18/h10-13H,2-9,14H2,1H3. The predicted octanol–water partition coefficient (Wildman–Crippen LogP) is 5.56. The van der Waals surface area contributed by atoms with Gasteiger partial charge in [-0.2, -0.15) is 0 Å². The highest BCUT2D eigenvalue weighted by molar-refractivity contribution is 9.09. The van der Waals surface area contributed by atoms with Gasteiger partial charge in [-0.3, -0.25) is 4.79 Å². The average Bonchev–Trinajstić information content (AvgIpc) is 2.46. The molecule has 0 saturated heterocycles. The van der Waals surface area contributed by atoms with Crippen molar-refractivity contribution in [2.45, 2.75) is 58.3 Å². The van der Waals surface area contributed by atoms with E-state index in [9.17, 15) is 4.79 Å². The summed E-state index contributed by atoms with van der Waals surface area (Å²) in [5, 5.41) is 0.407. The molecule has 0 radical (unpaired) electrons. The van der Waals surface area contributed by atoms with Gasteiger partial charge in [0.2, 0.25) is 0 Å². The average molecular weight is 325 g/mol. The van der Waals surface area contributed by atoms with Crippen LogP contribution in [0.5, 0.6) is 0 Å². The van der Waals surface area contributed by atoms with Crippen molar-refractivity contribution in [2.24, 2.45) is 0 Å². The molecule has 0 aromatic heterocycles. The van der Waals surface area contributed by atoms with E-state index in [0.29, 0.717) is 5.33 Å². The number of carbonyl (C=O) groups excluding carboxylic acids is 1. The summed E-state index contributed by atoms with van der Waals surface area (Å²) in [4.78, 5) is 11.5. The third kappa shape index (κ3) is 6.91. The molecule has 0 heterocycles. The monoisotopic (exact) mass is 324 g/mol. The van der Waals surface area contributed by atoms with E-state index in [2.05, 4.69) is 35.0 Å². The van der Waals surface area contributed by atoms with E-state index in [1.165, 1.54) is 50.5 Å². The number of ketones is 1. The Hall–Kier alpha value is -0.630. The van der Waals surface area contributed by atoms with Crippen LogP contribution in [0.3, 0.4) is 0 Å². The van der Waals surface area contributed by atoms with Gasteiger partial charge in [-0.1, -0.05) is 85.6 Å². The summed E-state index contributed by atoms with van der Waals surface area (Å²) >= 11 is 3.20. The Balaban J connectivity index is 2.18. The van der Waals surface area contributed by atoms with E-state index in [-0.39, 0.29) is 5.78 Å². The molecule has 0 aliphatic rings. The van der Waals surface area contributed by atoms with Gasteiger partial charge < -0.3 is 0 Å². The lowest BCUT2D eigenvalue weighted by Gasteiger charge is -2.03. The number of carbonyl (C=O) groups is 1. The smallest absolute Gasteiger partial charge is 0.173 e. The van der Waals surface area contributed by atoms with Gasteiger partial charge in [0, 0.05) is 5.56 Å². The molecule has 0 atom stereocenters. The molecule has 1 aromatic rings. The van der Waals surface area contributed by atoms with Crippen molar-refractivity contribution < 1.29 is 4.79 Å². The molecule has 1 aromatic carbocycles. The fourth-order valence-electron chi connectivity index (χ4n) is 2.22. The summed E-state index contributed by atoms with van der Waals surface area (Å²) in [7, 11) is 0. The lowest BCUT2D eigenvalue weighted by atomic mass is 10.0. The molecular formula is C17H25BrO. The zero-order valence-corrected chi connectivity index (χ0v) is 13.5. The zero-order chi connectivity index (χ0) is 13.9. The van der Waals surface area contributed by atoms with Gasteiger partial charge in [0.15, 0.2) is 5.78 Å². The van der Waals surface area contributed by atoms with Gasteiger partial charge in [-0.05, 0) is 18.4 Å². The van der Waals surface area contributed by atoms with Crippen molar-refractivity contribution in [2.75, 3.05) is 5.33 Å². The maximum Gasteiger partial charge on any atom is 0.173 e. The summed E-state index contributed by atoms with van der Waals surface area (Å²) in [5.74, 6) is 0.155. The molecule has 0 N–H and O–H groups in total. The highest BCUT2D eigenvalue weighted by Gasteiger charge is 2.02. The van der Waals surface area contributed by atoms with E-state index in [4.69, 9.17) is 0 Å². The predicted molar refractivity (Wildman–Crippen MR) is 86.3 cm³/mol. The molecule has 1 nitrogen and oxygen atoms in total. The summed E-state index contributed by atoms with van der Waals surface area (Å²) in [6, 6.07) is 8.07. The van der Waals surface area contributed by atoms with E-state index in [0.717, 1.165) is 12.0 Å². The largest absolute Gasteiger partial charge is 0.293 e. The zero-order valence-electron chi connectivity index (χ0n) is 12.0. The third-order valence-electron chi connectivity index (χ3n) is 3.47. The summed E-state index contributed by atoms with van der Waals surface area (Å²) < 4.78 is 0. The van der Waals surface area contributed by atoms with Gasteiger partial charge in [0.05, 0.1) is 5.33 Å². The first-order valence-corrected chi connectivity index (χ1v) is 8.58. The van der Waals surface area contributed by atoms with Crippen LogP contribution < -0.4 is 0 Å². The second-order valence-corrected chi connectivity index (χ2v) is 5.69. The Morgan fingerprint density at radius 2 is 1.53 bits per heavy atom. The topological polar surface area (TPSA) is 17.1 Å². The molecule has 0 amide bonds. The minimum atomic E-state index is 0.155. The molecule has 0 saturated carbocycles. The maximum atomic E-state index is 11.5. The van der Waals surface area contributed by atoms with Gasteiger partial charge in [-0.15, -0.1) is 0 Å². The van der Waals surface area contributed by atoms with Crippen LogP contribution >= 0.6 is 15.9 Å². The van der Waals surface area contributed by atoms with Crippen LogP contribution in [0, 0.1) is 0 Å². The first-order chi connectivity index (χ1) is 9.27. The van der Waals surface area contributed by atoms with Crippen LogP contribution in [-0.2, 0) is 6.42 Å². The maximum absolute atomic E-state index is 11.5. The fourth-order valence-corrected chi connectivity index (χ4v) is 2.54. The molecule has 0 unspecified atom stereocenters. The number of hydrogen-bond acceptors (Lipinski definition) is 1. The lowest BCUT2D eigenvalue weighted by Crippen LogP contribution is -1.99. The van der Waals surface area contributed by atoms with Gasteiger partial charge in [-0.25, -0.2) is 0 Å². The van der Waals surface area contributed by atoms with Gasteiger partial charge in [0.25, 0.3) is 0 Å². The Morgan fingerprint density at radius 1 is 0.947 bits per heavy atom. The number of halogens is 1. The molecule has 0 bridgehead atoms. The highest BCUT2D eigenvalue weighted by atomic mass is 79.9. The molecule has 0 aliphatic heterocycles. The van der Waals surface area contributed by atoms with Crippen molar-refractivity contribution in [1.29, 1.82) is 0 Å². The quantitative estimate of drug-likeness (QED) is 0.313. The first-order valence-electron chi connectivity index (χ1n) is 7.46. The van der Waals surface area contributed by atoms with Crippen LogP contribution in [0.2, 0.25) is 0 Å². The third-order valence-corrected chi connectivity index (χ3v) is 3.98. The Kier molecular flexibility index (Phi) is 8.81. The number of aryl methyl sites for hydroxylation is 1. The van der Waals surface area contributed by atoms with Gasteiger partial charge >= 0.3 is 0 Å². The lowest BCUT2D eigenvalue weighted by molar-refractivity contribution is 0.102. The fraction of sp³-hybridized carbons (Fsp3) is 0.588. The number of benzene rings is 1. The second-order valence-electron chi connectivity index (χ2n) is 5.13. The van der Waals surface area contributed by atoms with Crippen molar-refractivity contribution >= 4 is 21.7 Å².